The Labute approximate surface area is 296 Å². The maximum atomic E-state index is 2.40. The minimum atomic E-state index is 1.14. The molecule has 3 heterocycles. The Morgan fingerprint density at radius 1 is 0.235 bits per heavy atom. The van der Waals surface area contributed by atoms with Gasteiger partial charge >= 0.3 is 0 Å². The molecule has 10 aromatic rings. The summed E-state index contributed by atoms with van der Waals surface area (Å²) in [6.45, 7) is 0. The van der Waals surface area contributed by atoms with Gasteiger partial charge in [-0.1, -0.05) is 109 Å². The predicted octanol–water partition coefficient (Wildman–Crippen LogP) is 12.5. The second-order valence-corrected chi connectivity index (χ2v) is 13.1. The van der Waals surface area contributed by atoms with Gasteiger partial charge in [-0.15, -0.1) is 0 Å². The Bertz CT molecular complexity index is 2510. The van der Waals surface area contributed by atoms with Gasteiger partial charge in [0.15, 0.2) is 0 Å². The largest absolute Gasteiger partial charge is 0.309 e. The van der Waals surface area contributed by atoms with Gasteiger partial charge in [0.05, 0.1) is 33.6 Å². The van der Waals surface area contributed by atoms with Gasteiger partial charge < -0.3 is 13.7 Å². The normalized spacial score (nSPS) is 11.5. The van der Waals surface area contributed by atoms with Crippen molar-refractivity contribution < 1.29 is 0 Å². The number of aromatic nitrogens is 3. The zero-order chi connectivity index (χ0) is 33.7. The maximum Gasteiger partial charge on any atom is 0.0541 e. The van der Waals surface area contributed by atoms with Crippen LogP contribution in [0.15, 0.2) is 200 Å². The van der Waals surface area contributed by atoms with Crippen molar-refractivity contribution in [1.29, 1.82) is 0 Å². The third kappa shape index (κ3) is 4.90. The van der Waals surface area contributed by atoms with E-state index in [0.717, 1.165) is 50.8 Å². The summed E-state index contributed by atoms with van der Waals surface area (Å²) in [7, 11) is 0. The molecule has 0 saturated heterocycles. The van der Waals surface area contributed by atoms with Crippen LogP contribution in [0.5, 0.6) is 0 Å². The van der Waals surface area contributed by atoms with Crippen molar-refractivity contribution in [3.63, 3.8) is 0 Å². The topological polar surface area (TPSA) is 14.8 Å². The van der Waals surface area contributed by atoms with E-state index in [2.05, 4.69) is 214 Å². The highest BCUT2D eigenvalue weighted by Crippen LogP contribution is 2.41. The molecule has 0 aliphatic carbocycles. The van der Waals surface area contributed by atoms with Gasteiger partial charge in [-0.05, 0) is 108 Å². The molecule has 0 N–H and O–H groups in total. The van der Waals surface area contributed by atoms with E-state index in [4.69, 9.17) is 0 Å². The summed E-state index contributed by atoms with van der Waals surface area (Å²) in [4.78, 5) is 0. The van der Waals surface area contributed by atoms with E-state index in [-0.39, 0.29) is 0 Å². The summed E-state index contributed by atoms with van der Waals surface area (Å²) < 4.78 is 7.20. The zero-order valence-electron chi connectivity index (χ0n) is 27.9. The fraction of sp³-hybridized carbons (Fsp3) is 0. The molecule has 0 fully saturated rings. The molecule has 3 nitrogen and oxygen atoms in total. The number of benzene rings is 7. The van der Waals surface area contributed by atoms with Crippen LogP contribution >= 0.6 is 0 Å². The lowest BCUT2D eigenvalue weighted by Gasteiger charge is -2.17. The number of hydrogen-bond acceptors (Lipinski definition) is 0. The molecule has 3 heteroatoms. The Kier molecular flexibility index (Phi) is 6.81. The lowest BCUT2D eigenvalue weighted by Crippen LogP contribution is -2.00. The van der Waals surface area contributed by atoms with Crippen LogP contribution in [-0.2, 0) is 0 Å². The number of fused-ring (bicyclic) bond motifs is 3. The van der Waals surface area contributed by atoms with Gasteiger partial charge in [-0.2, -0.15) is 0 Å². The van der Waals surface area contributed by atoms with Crippen molar-refractivity contribution in [2.24, 2.45) is 0 Å². The summed E-state index contributed by atoms with van der Waals surface area (Å²) in [5, 5.41) is 3.63. The van der Waals surface area contributed by atoms with E-state index in [9.17, 15) is 0 Å². The van der Waals surface area contributed by atoms with Crippen molar-refractivity contribution >= 4 is 32.7 Å². The first-order valence-corrected chi connectivity index (χ1v) is 17.4. The lowest BCUT2D eigenvalue weighted by atomic mass is 9.98. The molecule has 51 heavy (non-hydrogen) atoms. The van der Waals surface area contributed by atoms with Gasteiger partial charge in [-0.3, -0.25) is 0 Å². The van der Waals surface area contributed by atoms with Gasteiger partial charge in [0.2, 0.25) is 0 Å². The molecule has 0 spiro atoms. The summed E-state index contributed by atoms with van der Waals surface area (Å²) in [5.74, 6) is 0. The highest BCUT2D eigenvalue weighted by Gasteiger charge is 2.20. The van der Waals surface area contributed by atoms with Crippen LogP contribution in [-0.4, -0.2) is 13.7 Å². The van der Waals surface area contributed by atoms with Crippen molar-refractivity contribution in [2.75, 3.05) is 0 Å². The molecule has 7 aromatic carbocycles. The quantitative estimate of drug-likeness (QED) is 0.170. The molecule has 0 aliphatic heterocycles. The molecule has 3 aromatic heterocycles. The smallest absolute Gasteiger partial charge is 0.0541 e. The number of nitrogens with zero attached hydrogens (tertiary/aromatic N) is 3. The Balaban J connectivity index is 1.31. The van der Waals surface area contributed by atoms with Crippen molar-refractivity contribution in [1.82, 2.24) is 13.7 Å². The first kappa shape index (κ1) is 29.1. The highest BCUT2D eigenvalue weighted by molar-refractivity contribution is 5.95. The number of para-hydroxylation sites is 6. The van der Waals surface area contributed by atoms with E-state index < -0.39 is 0 Å². The summed E-state index contributed by atoms with van der Waals surface area (Å²) in [5.41, 5.74) is 13.9. The molecule has 0 aliphatic rings. The molecule has 240 valence electrons. The van der Waals surface area contributed by atoms with E-state index in [1.54, 1.807) is 0 Å². The van der Waals surface area contributed by atoms with Crippen LogP contribution in [0.25, 0.3) is 83.5 Å². The van der Waals surface area contributed by atoms with Gasteiger partial charge in [-0.25, -0.2) is 0 Å². The van der Waals surface area contributed by atoms with E-state index in [1.807, 2.05) is 0 Å². The van der Waals surface area contributed by atoms with Crippen molar-refractivity contribution in [2.45, 2.75) is 0 Å². The summed E-state index contributed by atoms with van der Waals surface area (Å²) >= 11 is 0. The van der Waals surface area contributed by atoms with Gasteiger partial charge in [0, 0.05) is 33.2 Å². The average molecular weight is 652 g/mol. The SMILES string of the molecule is c1ccc(-n2c(-c3cc(-c4cc5ccccc5n4-c4ccccc4)cc(-c4cc5ccccc5n4-c4ccccc4)c3)cc3ccccc32)cc1. The van der Waals surface area contributed by atoms with Crippen LogP contribution < -0.4 is 0 Å². The first-order valence-electron chi connectivity index (χ1n) is 17.4. The molecule has 0 unspecified atom stereocenters. The number of rotatable bonds is 6. The molecule has 10 rings (SSSR count). The monoisotopic (exact) mass is 651 g/mol. The van der Waals surface area contributed by atoms with Crippen LogP contribution in [0, 0.1) is 0 Å². The first-order chi connectivity index (χ1) is 25.3. The van der Waals surface area contributed by atoms with E-state index in [0.29, 0.717) is 0 Å². The van der Waals surface area contributed by atoms with Gasteiger partial charge in [0.25, 0.3) is 0 Å². The van der Waals surface area contributed by atoms with Crippen LogP contribution in [0.2, 0.25) is 0 Å². The van der Waals surface area contributed by atoms with Crippen LogP contribution in [0.3, 0.4) is 0 Å². The van der Waals surface area contributed by atoms with Crippen LogP contribution in [0.4, 0.5) is 0 Å². The molecule has 0 saturated carbocycles. The lowest BCUT2D eigenvalue weighted by molar-refractivity contribution is 1.12. The minimum absolute atomic E-state index is 1.14. The maximum absolute atomic E-state index is 2.40. The van der Waals surface area contributed by atoms with Crippen LogP contribution in [0.1, 0.15) is 0 Å². The number of hydrogen-bond donors (Lipinski definition) is 0. The Morgan fingerprint density at radius 2 is 0.490 bits per heavy atom. The molecule has 0 radical (unpaired) electrons. The Hall–Kier alpha value is -6.84. The molecule has 0 bridgehead atoms. The van der Waals surface area contributed by atoms with Crippen molar-refractivity contribution in [3.05, 3.63) is 200 Å². The van der Waals surface area contributed by atoms with Gasteiger partial charge in [0.1, 0.15) is 0 Å². The average Bonchev–Trinajstić information content (AvgIpc) is 3.91. The molecular weight excluding hydrogens is 619 g/mol. The fourth-order valence-corrected chi connectivity index (χ4v) is 7.74. The molecular formula is C48H33N3. The van der Waals surface area contributed by atoms with Crippen molar-refractivity contribution in [3.8, 4) is 50.8 Å². The molecule has 0 atom stereocenters. The zero-order valence-corrected chi connectivity index (χ0v) is 27.9. The summed E-state index contributed by atoms with van der Waals surface area (Å²) in [6.07, 6.45) is 0. The summed E-state index contributed by atoms with van der Waals surface area (Å²) in [6, 6.07) is 72.3. The van der Waals surface area contributed by atoms with E-state index in [1.165, 1.54) is 32.7 Å². The predicted molar refractivity (Wildman–Crippen MR) is 213 cm³/mol. The third-order valence-corrected chi connectivity index (χ3v) is 10.00. The third-order valence-electron chi connectivity index (χ3n) is 10.00. The molecule has 0 amide bonds. The highest BCUT2D eigenvalue weighted by atomic mass is 15.0. The second-order valence-electron chi connectivity index (χ2n) is 13.1. The Morgan fingerprint density at radius 3 is 0.784 bits per heavy atom. The second kappa shape index (κ2) is 11.9. The standard InChI is InChI=1S/C48H33N3/c1-4-19-40(20-5-1)49-43-25-13-10-16-34(43)31-46(49)37-28-38(47-32-35-17-11-14-26-44(35)50(47)41-21-6-2-7-22-41)30-39(29-37)48-33-36-18-12-15-27-45(36)51(48)42-23-8-3-9-24-42/h1-33H. The van der Waals surface area contributed by atoms with E-state index >= 15 is 0 Å². The minimum Gasteiger partial charge on any atom is -0.309 e. The fourth-order valence-electron chi connectivity index (χ4n) is 7.74.